The first-order valence-corrected chi connectivity index (χ1v) is 12.1. The lowest BCUT2D eigenvalue weighted by Crippen LogP contribution is -2.39. The van der Waals surface area contributed by atoms with Crippen LogP contribution in [0.1, 0.15) is 24.9 Å². The molecule has 7 nitrogen and oxygen atoms in total. The Morgan fingerprint density at radius 1 is 1.11 bits per heavy atom. The molecule has 1 amide bonds. The first kappa shape index (κ1) is 28.0. The predicted molar refractivity (Wildman–Crippen MR) is 133 cm³/mol. The molecule has 1 heterocycles. The summed E-state index contributed by atoms with van der Waals surface area (Å²) >= 11 is 18.3. The van der Waals surface area contributed by atoms with Gasteiger partial charge in [0.25, 0.3) is 0 Å². The highest BCUT2D eigenvalue weighted by Crippen LogP contribution is 2.30. The van der Waals surface area contributed by atoms with Crippen LogP contribution >= 0.6 is 34.8 Å². The Labute approximate surface area is 220 Å². The molecule has 0 aliphatic rings. The molecule has 1 atom stereocenters. The summed E-state index contributed by atoms with van der Waals surface area (Å²) in [5.74, 6) is -0.588. The fraction of sp³-hybridized carbons (Fsp3) is 0.348. The number of nitrogens with one attached hydrogen (secondary N) is 2. The van der Waals surface area contributed by atoms with Crippen molar-refractivity contribution < 1.29 is 18.0 Å². The summed E-state index contributed by atoms with van der Waals surface area (Å²) in [4.78, 5) is 25.9. The Bertz CT molecular complexity index is 1260. The van der Waals surface area contributed by atoms with Crippen LogP contribution in [0.15, 0.2) is 47.3 Å². The fourth-order valence-electron chi connectivity index (χ4n) is 3.49. The van der Waals surface area contributed by atoms with Crippen LogP contribution in [0.2, 0.25) is 15.1 Å². The van der Waals surface area contributed by atoms with Gasteiger partial charge in [-0.3, -0.25) is 9.36 Å². The number of carbonyl (C=O) groups is 1. The van der Waals surface area contributed by atoms with Crippen molar-refractivity contribution in [2.24, 2.45) is 0 Å². The van der Waals surface area contributed by atoms with Crippen LogP contribution in [-0.4, -0.2) is 39.5 Å². The molecule has 0 saturated heterocycles. The molecule has 1 unspecified atom stereocenters. The highest BCUT2D eigenvalue weighted by molar-refractivity contribution is 6.42. The van der Waals surface area contributed by atoms with E-state index in [0.29, 0.717) is 34.3 Å². The van der Waals surface area contributed by atoms with E-state index in [9.17, 15) is 22.8 Å². The van der Waals surface area contributed by atoms with Crippen molar-refractivity contribution in [3.05, 3.63) is 73.6 Å². The van der Waals surface area contributed by atoms with Gasteiger partial charge in [0.1, 0.15) is 6.54 Å². The lowest BCUT2D eigenvalue weighted by atomic mass is 10.1. The lowest BCUT2D eigenvalue weighted by molar-refractivity contribution is -0.136. The molecule has 2 N–H and O–H groups in total. The maximum Gasteiger partial charge on any atom is 0.390 e. The van der Waals surface area contributed by atoms with Gasteiger partial charge < -0.3 is 10.6 Å². The maximum atomic E-state index is 12.9. The standard InChI is InChI=1S/C23H23Cl3F3N5O2/c1-2-30-12-18(16-4-3-5-17(25)20(16)26)31-19(35)13-34-22(36)33(11-10-23(27,28)29)21(32-34)14-6-8-15(24)9-7-14/h3-9,18,30H,2,10-13H2,1H3,(H,31,35). The van der Waals surface area contributed by atoms with E-state index in [1.807, 2.05) is 6.92 Å². The molecule has 13 heteroatoms. The van der Waals surface area contributed by atoms with Crippen molar-refractivity contribution in [2.45, 2.75) is 38.7 Å². The van der Waals surface area contributed by atoms with Crippen LogP contribution in [0, 0.1) is 0 Å². The lowest BCUT2D eigenvalue weighted by Gasteiger charge is -2.21. The third kappa shape index (κ3) is 7.25. The Morgan fingerprint density at radius 2 is 1.81 bits per heavy atom. The van der Waals surface area contributed by atoms with Gasteiger partial charge in [-0.25, -0.2) is 9.48 Å². The van der Waals surface area contributed by atoms with Crippen LogP contribution in [0.3, 0.4) is 0 Å². The summed E-state index contributed by atoms with van der Waals surface area (Å²) in [5.41, 5.74) is 0.111. The second kappa shape index (κ2) is 12.1. The monoisotopic (exact) mass is 563 g/mol. The number of halogens is 6. The zero-order valence-corrected chi connectivity index (χ0v) is 21.3. The highest BCUT2D eigenvalue weighted by Gasteiger charge is 2.29. The molecular weight excluding hydrogens is 542 g/mol. The van der Waals surface area contributed by atoms with E-state index in [1.165, 1.54) is 24.3 Å². The third-order valence-electron chi connectivity index (χ3n) is 5.23. The number of rotatable bonds is 10. The molecule has 0 aliphatic heterocycles. The highest BCUT2D eigenvalue weighted by atomic mass is 35.5. The number of alkyl halides is 3. The van der Waals surface area contributed by atoms with Crippen molar-refractivity contribution in [1.82, 2.24) is 25.0 Å². The zero-order chi connectivity index (χ0) is 26.5. The fourth-order valence-corrected chi connectivity index (χ4v) is 4.06. The third-order valence-corrected chi connectivity index (χ3v) is 6.31. The molecule has 3 aromatic rings. The smallest absolute Gasteiger partial charge is 0.346 e. The molecule has 2 aromatic carbocycles. The predicted octanol–water partition coefficient (Wildman–Crippen LogP) is 5.09. The summed E-state index contributed by atoms with van der Waals surface area (Å²) in [5, 5.41) is 11.1. The van der Waals surface area contributed by atoms with Gasteiger partial charge >= 0.3 is 11.9 Å². The van der Waals surface area contributed by atoms with Gasteiger partial charge in [0.15, 0.2) is 5.82 Å². The van der Waals surface area contributed by atoms with E-state index in [0.717, 1.165) is 9.25 Å². The van der Waals surface area contributed by atoms with E-state index in [1.54, 1.807) is 18.2 Å². The topological polar surface area (TPSA) is 80.9 Å². The number of carbonyl (C=O) groups excluding carboxylic acids is 1. The number of amides is 1. The molecule has 0 saturated carbocycles. The summed E-state index contributed by atoms with van der Waals surface area (Å²) < 4.78 is 40.4. The maximum absolute atomic E-state index is 12.9. The zero-order valence-electron chi connectivity index (χ0n) is 19.1. The number of aromatic nitrogens is 3. The minimum Gasteiger partial charge on any atom is -0.346 e. The quantitative estimate of drug-likeness (QED) is 0.359. The molecular formula is C23H23Cl3F3N5O2. The van der Waals surface area contributed by atoms with E-state index in [2.05, 4.69) is 15.7 Å². The Kier molecular flexibility index (Phi) is 9.46. The number of hydrogen-bond acceptors (Lipinski definition) is 4. The van der Waals surface area contributed by atoms with Crippen molar-refractivity contribution in [3.8, 4) is 11.4 Å². The van der Waals surface area contributed by atoms with Gasteiger partial charge in [-0.2, -0.15) is 13.2 Å². The van der Waals surface area contributed by atoms with E-state index in [4.69, 9.17) is 34.8 Å². The van der Waals surface area contributed by atoms with Crippen LogP contribution in [0.5, 0.6) is 0 Å². The average molecular weight is 565 g/mol. The van der Waals surface area contributed by atoms with Gasteiger partial charge in [-0.15, -0.1) is 5.10 Å². The molecule has 3 rings (SSSR count). The number of benzene rings is 2. The van der Waals surface area contributed by atoms with E-state index in [-0.39, 0.29) is 10.8 Å². The molecule has 1 aromatic heterocycles. The van der Waals surface area contributed by atoms with Gasteiger partial charge in [0, 0.05) is 23.7 Å². The Balaban J connectivity index is 1.89. The Morgan fingerprint density at radius 3 is 2.44 bits per heavy atom. The minimum absolute atomic E-state index is 0.00389. The molecule has 0 radical (unpaired) electrons. The van der Waals surface area contributed by atoms with Gasteiger partial charge in [-0.05, 0) is 42.4 Å². The van der Waals surface area contributed by atoms with Crippen molar-refractivity contribution in [3.63, 3.8) is 0 Å². The molecule has 36 heavy (non-hydrogen) atoms. The van der Waals surface area contributed by atoms with Crippen LogP contribution in [0.25, 0.3) is 11.4 Å². The number of likely N-dealkylation sites (N-methyl/N-ethyl adjacent to an activating group) is 1. The second-order valence-electron chi connectivity index (χ2n) is 7.86. The normalized spacial score (nSPS) is 12.5. The van der Waals surface area contributed by atoms with E-state index < -0.39 is 43.3 Å². The molecule has 0 bridgehead atoms. The summed E-state index contributed by atoms with van der Waals surface area (Å²) in [6.07, 6.45) is -5.71. The average Bonchev–Trinajstić information content (AvgIpc) is 3.12. The first-order chi connectivity index (χ1) is 17.0. The number of nitrogens with zero attached hydrogens (tertiary/aromatic N) is 3. The summed E-state index contributed by atoms with van der Waals surface area (Å²) in [6.45, 7) is 1.68. The van der Waals surface area contributed by atoms with Crippen LogP contribution in [-0.2, 0) is 17.9 Å². The summed E-state index contributed by atoms with van der Waals surface area (Å²) in [6, 6.07) is 10.6. The van der Waals surface area contributed by atoms with Crippen LogP contribution in [0.4, 0.5) is 13.2 Å². The Hall–Kier alpha value is -2.53. The second-order valence-corrected chi connectivity index (χ2v) is 9.08. The minimum atomic E-state index is -4.48. The van der Waals surface area contributed by atoms with Gasteiger partial charge in [0.05, 0.1) is 22.5 Å². The van der Waals surface area contributed by atoms with E-state index >= 15 is 0 Å². The SMILES string of the molecule is CCNCC(NC(=O)Cn1nc(-c2ccc(Cl)cc2)n(CCC(F)(F)F)c1=O)c1cccc(Cl)c1Cl. The molecule has 194 valence electrons. The first-order valence-electron chi connectivity index (χ1n) is 10.9. The van der Waals surface area contributed by atoms with Gasteiger partial charge in [0.2, 0.25) is 5.91 Å². The molecule has 0 spiro atoms. The number of hydrogen-bond donors (Lipinski definition) is 2. The largest absolute Gasteiger partial charge is 0.390 e. The van der Waals surface area contributed by atoms with Crippen molar-refractivity contribution in [1.29, 1.82) is 0 Å². The molecule has 0 fully saturated rings. The van der Waals surface area contributed by atoms with Crippen LogP contribution < -0.4 is 16.3 Å². The van der Waals surface area contributed by atoms with Crippen molar-refractivity contribution >= 4 is 40.7 Å². The van der Waals surface area contributed by atoms with Gasteiger partial charge in [-0.1, -0.05) is 53.9 Å². The summed E-state index contributed by atoms with van der Waals surface area (Å²) in [7, 11) is 0. The molecule has 0 aliphatic carbocycles. The van der Waals surface area contributed by atoms with Crippen molar-refractivity contribution in [2.75, 3.05) is 13.1 Å².